The van der Waals surface area contributed by atoms with Crippen LogP contribution in [-0.2, 0) is 0 Å². The van der Waals surface area contributed by atoms with E-state index in [2.05, 4.69) is 0 Å². The summed E-state index contributed by atoms with van der Waals surface area (Å²) in [4.78, 5) is 0. The zero-order chi connectivity index (χ0) is 14.3. The minimum atomic E-state index is -7.22. The molecule has 0 aliphatic rings. The number of hydrogen-bond acceptors (Lipinski definition) is 0. The lowest BCUT2D eigenvalue weighted by Gasteiger charge is -2.34. The molecular formula is C6HF11. The van der Waals surface area contributed by atoms with Gasteiger partial charge in [0.1, 0.15) is 6.33 Å². The summed E-state index contributed by atoms with van der Waals surface area (Å²) in [6.07, 6.45) is -16.3. The average molecular weight is 282 g/mol. The molecule has 0 rings (SSSR count). The van der Waals surface area contributed by atoms with Crippen molar-refractivity contribution in [1.29, 1.82) is 0 Å². The summed E-state index contributed by atoms with van der Waals surface area (Å²) in [5.41, 5.74) is -7.22. The second kappa shape index (κ2) is 4.02. The standard InChI is InChI=1S/C6HF11/c7-1-2(8)3(9,10)4(11,5(12,13)14)6(15,16)17/h1H. The van der Waals surface area contributed by atoms with Crippen LogP contribution in [0.3, 0.4) is 0 Å². The summed E-state index contributed by atoms with van der Waals surface area (Å²) in [6.45, 7) is 0. The Morgan fingerprint density at radius 2 is 1.00 bits per heavy atom. The van der Waals surface area contributed by atoms with Crippen molar-refractivity contribution in [3.8, 4) is 0 Å². The highest BCUT2D eigenvalue weighted by atomic mass is 19.4. The van der Waals surface area contributed by atoms with Crippen molar-refractivity contribution in [3.05, 3.63) is 12.2 Å². The Bertz CT molecular complexity index is 291. The maximum absolute atomic E-state index is 12.6. The van der Waals surface area contributed by atoms with Crippen molar-refractivity contribution >= 4 is 0 Å². The Morgan fingerprint density at radius 3 is 1.18 bits per heavy atom. The van der Waals surface area contributed by atoms with Gasteiger partial charge in [0.2, 0.25) is 5.83 Å². The van der Waals surface area contributed by atoms with Gasteiger partial charge in [-0.15, -0.1) is 0 Å². The van der Waals surface area contributed by atoms with Crippen LogP contribution in [0, 0.1) is 0 Å². The Hall–Kier alpha value is -1.03. The van der Waals surface area contributed by atoms with E-state index in [1.54, 1.807) is 0 Å². The van der Waals surface area contributed by atoms with Crippen LogP contribution in [0.1, 0.15) is 0 Å². The van der Waals surface area contributed by atoms with E-state index >= 15 is 0 Å². The molecule has 0 saturated heterocycles. The van der Waals surface area contributed by atoms with Gasteiger partial charge in [-0.05, 0) is 0 Å². The molecule has 102 valence electrons. The lowest BCUT2D eigenvalue weighted by molar-refractivity contribution is -0.391. The first-order valence-corrected chi connectivity index (χ1v) is 3.40. The van der Waals surface area contributed by atoms with Gasteiger partial charge in [-0.1, -0.05) is 0 Å². The van der Waals surface area contributed by atoms with E-state index in [9.17, 15) is 48.3 Å². The molecule has 0 N–H and O–H groups in total. The molecule has 0 nitrogen and oxygen atoms in total. The van der Waals surface area contributed by atoms with Gasteiger partial charge in [-0.25, -0.2) is 13.2 Å². The van der Waals surface area contributed by atoms with Crippen molar-refractivity contribution in [2.24, 2.45) is 0 Å². The van der Waals surface area contributed by atoms with Gasteiger partial charge in [0.25, 0.3) is 0 Å². The predicted molar refractivity (Wildman–Crippen MR) is 31.2 cm³/mol. The number of alkyl halides is 9. The summed E-state index contributed by atoms with van der Waals surface area (Å²) in [5, 5.41) is 0. The molecule has 0 aromatic carbocycles. The average Bonchev–Trinajstić information content (AvgIpc) is 2.11. The van der Waals surface area contributed by atoms with Crippen molar-refractivity contribution in [3.63, 3.8) is 0 Å². The van der Waals surface area contributed by atoms with Crippen LogP contribution in [0.2, 0.25) is 0 Å². The first-order chi connectivity index (χ1) is 7.23. The smallest absolute Gasteiger partial charge is 0.216 e. The van der Waals surface area contributed by atoms with E-state index in [0.29, 0.717) is 0 Å². The molecule has 0 unspecified atom stereocenters. The van der Waals surface area contributed by atoms with Crippen LogP contribution in [0.15, 0.2) is 12.2 Å². The van der Waals surface area contributed by atoms with Crippen molar-refractivity contribution < 1.29 is 48.3 Å². The normalized spacial score (nSPS) is 16.3. The van der Waals surface area contributed by atoms with Crippen LogP contribution >= 0.6 is 0 Å². The van der Waals surface area contributed by atoms with Gasteiger partial charge in [-0.2, -0.15) is 35.1 Å². The van der Waals surface area contributed by atoms with E-state index in [-0.39, 0.29) is 0 Å². The second-order valence-corrected chi connectivity index (χ2v) is 2.69. The number of halogens is 11. The summed E-state index contributed by atoms with van der Waals surface area (Å²) in [6, 6.07) is 0. The molecule has 0 aromatic heterocycles. The Morgan fingerprint density at radius 1 is 0.706 bits per heavy atom. The van der Waals surface area contributed by atoms with E-state index in [1.165, 1.54) is 0 Å². The van der Waals surface area contributed by atoms with Gasteiger partial charge < -0.3 is 0 Å². The van der Waals surface area contributed by atoms with Crippen molar-refractivity contribution in [1.82, 2.24) is 0 Å². The van der Waals surface area contributed by atoms with E-state index in [0.717, 1.165) is 0 Å². The first kappa shape index (κ1) is 16.0. The molecule has 17 heavy (non-hydrogen) atoms. The number of allylic oxidation sites excluding steroid dienone is 1. The minimum absolute atomic E-state index is 1.88. The predicted octanol–water partition coefficient (Wildman–Crippen LogP) is 4.24. The molecule has 0 radical (unpaired) electrons. The molecule has 0 fully saturated rings. The molecule has 0 heterocycles. The monoisotopic (exact) mass is 282 g/mol. The van der Waals surface area contributed by atoms with Gasteiger partial charge in [-0.3, -0.25) is 0 Å². The number of hydrogen-bond donors (Lipinski definition) is 0. The zero-order valence-electron chi connectivity index (χ0n) is 7.23. The second-order valence-electron chi connectivity index (χ2n) is 2.69. The first-order valence-electron chi connectivity index (χ1n) is 3.40. The molecule has 0 aromatic rings. The van der Waals surface area contributed by atoms with E-state index in [1.807, 2.05) is 0 Å². The lowest BCUT2D eigenvalue weighted by atomic mass is 9.95. The Kier molecular flexibility index (Phi) is 3.77. The largest absolute Gasteiger partial charge is 0.438 e. The van der Waals surface area contributed by atoms with Gasteiger partial charge in [0.05, 0.1) is 0 Å². The molecule has 0 aliphatic carbocycles. The summed E-state index contributed by atoms with van der Waals surface area (Å²) < 4.78 is 131. The maximum Gasteiger partial charge on any atom is 0.438 e. The van der Waals surface area contributed by atoms with E-state index in [4.69, 9.17) is 0 Å². The van der Waals surface area contributed by atoms with Crippen LogP contribution in [0.4, 0.5) is 48.3 Å². The molecule has 0 atom stereocenters. The number of rotatable bonds is 2. The molecule has 0 saturated carbocycles. The lowest BCUT2D eigenvalue weighted by Crippen LogP contribution is -2.64. The van der Waals surface area contributed by atoms with Gasteiger partial charge in [0.15, 0.2) is 0 Å². The highest BCUT2D eigenvalue weighted by molar-refractivity contribution is 5.17. The fourth-order valence-electron chi connectivity index (χ4n) is 0.750. The Balaban J connectivity index is 6.02. The van der Waals surface area contributed by atoms with Crippen LogP contribution in [0.5, 0.6) is 0 Å². The highest BCUT2D eigenvalue weighted by Crippen LogP contribution is 2.56. The molecule has 0 aliphatic heterocycles. The minimum Gasteiger partial charge on any atom is -0.216 e. The summed E-state index contributed by atoms with van der Waals surface area (Å²) in [7, 11) is 0. The summed E-state index contributed by atoms with van der Waals surface area (Å²) in [5.74, 6) is -10.6. The highest BCUT2D eigenvalue weighted by Gasteiger charge is 2.85. The third-order valence-corrected chi connectivity index (χ3v) is 1.61. The van der Waals surface area contributed by atoms with Crippen LogP contribution in [0.25, 0.3) is 0 Å². The molecule has 0 bridgehead atoms. The van der Waals surface area contributed by atoms with Crippen LogP contribution in [-0.4, -0.2) is 23.9 Å². The fraction of sp³-hybridized carbons (Fsp3) is 0.667. The van der Waals surface area contributed by atoms with Gasteiger partial charge in [0, 0.05) is 0 Å². The molecule has 0 spiro atoms. The van der Waals surface area contributed by atoms with Crippen LogP contribution < -0.4 is 0 Å². The topological polar surface area (TPSA) is 0 Å². The summed E-state index contributed by atoms with van der Waals surface area (Å²) >= 11 is 0. The molecular weight excluding hydrogens is 281 g/mol. The fourth-order valence-corrected chi connectivity index (χ4v) is 0.750. The van der Waals surface area contributed by atoms with Gasteiger partial charge >= 0.3 is 23.9 Å². The molecule has 11 heteroatoms. The molecule has 0 amide bonds. The third kappa shape index (κ3) is 2.18. The van der Waals surface area contributed by atoms with Crippen molar-refractivity contribution in [2.75, 3.05) is 0 Å². The van der Waals surface area contributed by atoms with Crippen molar-refractivity contribution in [2.45, 2.75) is 23.9 Å². The third-order valence-electron chi connectivity index (χ3n) is 1.61. The Labute approximate surface area is 85.7 Å². The quantitative estimate of drug-likeness (QED) is 0.665. The SMILES string of the molecule is FC=C(F)C(F)(F)C(F)(C(F)(F)F)C(F)(F)F. The zero-order valence-corrected chi connectivity index (χ0v) is 7.23. The van der Waals surface area contributed by atoms with E-state index < -0.39 is 36.1 Å². The maximum atomic E-state index is 12.6.